The zero-order chi connectivity index (χ0) is 22.5. The van der Waals surface area contributed by atoms with E-state index in [1.165, 1.54) is 0 Å². The second-order valence-corrected chi connectivity index (χ2v) is 7.83. The predicted octanol–water partition coefficient (Wildman–Crippen LogP) is 1.21. The van der Waals surface area contributed by atoms with Gasteiger partial charge < -0.3 is 25.0 Å². The van der Waals surface area contributed by atoms with Crippen molar-refractivity contribution >= 4 is 29.0 Å². The third kappa shape index (κ3) is 6.87. The second kappa shape index (κ2) is 9.38. The molecular formula is C20H26N4O6. The van der Waals surface area contributed by atoms with Gasteiger partial charge in [0, 0.05) is 29.7 Å². The molecular weight excluding hydrogens is 392 g/mol. The summed E-state index contributed by atoms with van der Waals surface area (Å²) in [6.07, 6.45) is -0.947. The lowest BCUT2D eigenvalue weighted by Gasteiger charge is -2.22. The first-order valence-corrected chi connectivity index (χ1v) is 9.40. The van der Waals surface area contributed by atoms with Crippen molar-refractivity contribution in [2.45, 2.75) is 39.7 Å². The molecule has 2 heterocycles. The van der Waals surface area contributed by atoms with Crippen LogP contribution in [-0.2, 0) is 20.7 Å². The van der Waals surface area contributed by atoms with Crippen molar-refractivity contribution in [2.75, 3.05) is 19.6 Å². The summed E-state index contributed by atoms with van der Waals surface area (Å²) in [5.74, 6) is -1.75. The maximum absolute atomic E-state index is 12.6. The van der Waals surface area contributed by atoms with E-state index in [9.17, 15) is 19.2 Å². The number of aliphatic carboxylic acids is 1. The van der Waals surface area contributed by atoms with Crippen LogP contribution in [-0.4, -0.2) is 63.2 Å². The molecule has 0 aromatic carbocycles. The molecule has 0 aliphatic rings. The highest BCUT2D eigenvalue weighted by Crippen LogP contribution is 2.11. The smallest absolute Gasteiger partial charge is 0.407 e. The van der Waals surface area contributed by atoms with Crippen molar-refractivity contribution in [1.82, 2.24) is 20.2 Å². The van der Waals surface area contributed by atoms with Crippen LogP contribution in [0.3, 0.4) is 0 Å². The summed E-state index contributed by atoms with van der Waals surface area (Å²) in [6, 6.07) is 5.13. The van der Waals surface area contributed by atoms with E-state index in [-0.39, 0.29) is 25.1 Å². The van der Waals surface area contributed by atoms with E-state index in [0.717, 1.165) is 10.6 Å². The van der Waals surface area contributed by atoms with Gasteiger partial charge in [-0.3, -0.25) is 14.4 Å². The lowest BCUT2D eigenvalue weighted by Crippen LogP contribution is -2.43. The molecule has 30 heavy (non-hydrogen) atoms. The number of hydrogen-bond donors (Lipinski definition) is 3. The number of amides is 2. The molecule has 0 bridgehead atoms. The molecule has 162 valence electrons. The van der Waals surface area contributed by atoms with Gasteiger partial charge in [0.1, 0.15) is 17.8 Å². The Hall–Kier alpha value is -3.43. The summed E-state index contributed by atoms with van der Waals surface area (Å²) in [6.45, 7) is 6.34. The molecule has 2 aromatic rings. The summed E-state index contributed by atoms with van der Waals surface area (Å²) >= 11 is 0. The van der Waals surface area contributed by atoms with Crippen LogP contribution in [0.25, 0.3) is 11.0 Å². The number of carboxylic acid groups (broad SMARTS) is 1. The van der Waals surface area contributed by atoms with E-state index < -0.39 is 35.7 Å². The van der Waals surface area contributed by atoms with Gasteiger partial charge in [0.2, 0.25) is 5.91 Å². The number of nitrogens with one attached hydrogen (secondary N) is 2. The molecule has 0 unspecified atom stereocenters. The first kappa shape index (κ1) is 22.9. The summed E-state index contributed by atoms with van der Waals surface area (Å²) in [5.41, 5.74) is 0.225. The Labute approximate surface area is 173 Å². The fourth-order valence-corrected chi connectivity index (χ4v) is 2.69. The van der Waals surface area contributed by atoms with Crippen molar-refractivity contribution in [2.24, 2.45) is 0 Å². The molecule has 0 atom stereocenters. The number of carbonyl (C=O) groups is 3. The minimum absolute atomic E-state index is 0.00517. The van der Waals surface area contributed by atoms with Crippen LogP contribution in [0.2, 0.25) is 0 Å². The van der Waals surface area contributed by atoms with E-state index in [4.69, 9.17) is 9.84 Å². The maximum atomic E-state index is 12.6. The Morgan fingerprint density at radius 2 is 1.97 bits per heavy atom. The lowest BCUT2D eigenvalue weighted by molar-refractivity contribution is -0.144. The Morgan fingerprint density at radius 3 is 2.60 bits per heavy atom. The highest BCUT2D eigenvalue weighted by Gasteiger charge is 2.20. The Kier molecular flexibility index (Phi) is 7.14. The largest absolute Gasteiger partial charge is 0.480 e. The maximum Gasteiger partial charge on any atom is 0.407 e. The standard InChI is InChI=1S/C20H26N4O6/c1-12-5-6-13-9-14(18(28)23-17(13)22-12)10-15(25)24(11-16(26)27)8-7-21-19(29)30-20(2,3)4/h5-6,9H,7-8,10-11H2,1-4H3,(H,21,29)(H,26,27)(H,22,23,28). The highest BCUT2D eigenvalue weighted by atomic mass is 16.6. The summed E-state index contributed by atoms with van der Waals surface area (Å²) < 4.78 is 5.10. The number of carboxylic acids is 1. The normalized spacial score (nSPS) is 11.2. The van der Waals surface area contributed by atoms with Crippen molar-refractivity contribution in [1.29, 1.82) is 0 Å². The number of H-pyrrole nitrogens is 1. The third-order valence-corrected chi connectivity index (χ3v) is 3.99. The topological polar surface area (TPSA) is 142 Å². The van der Waals surface area contributed by atoms with E-state index in [1.54, 1.807) is 45.9 Å². The third-order valence-electron chi connectivity index (χ3n) is 3.99. The van der Waals surface area contributed by atoms with Gasteiger partial charge in [-0.15, -0.1) is 0 Å². The number of pyridine rings is 2. The molecule has 2 rings (SSSR count). The van der Waals surface area contributed by atoms with Crippen molar-refractivity contribution in [3.05, 3.63) is 39.8 Å². The van der Waals surface area contributed by atoms with Crippen LogP contribution in [0.5, 0.6) is 0 Å². The monoisotopic (exact) mass is 418 g/mol. The van der Waals surface area contributed by atoms with E-state index in [1.807, 2.05) is 0 Å². The fraction of sp³-hybridized carbons (Fsp3) is 0.450. The number of nitrogens with zero attached hydrogens (tertiary/aromatic N) is 2. The van der Waals surface area contributed by atoms with Crippen LogP contribution in [0, 0.1) is 6.92 Å². The number of hydrogen-bond acceptors (Lipinski definition) is 6. The van der Waals surface area contributed by atoms with Gasteiger partial charge in [-0.1, -0.05) is 0 Å². The summed E-state index contributed by atoms with van der Waals surface area (Å²) in [4.78, 5) is 55.7. The number of alkyl carbamates (subject to hydrolysis) is 1. The van der Waals surface area contributed by atoms with Crippen LogP contribution in [0.15, 0.2) is 23.0 Å². The average Bonchev–Trinajstić information content (AvgIpc) is 2.59. The van der Waals surface area contributed by atoms with E-state index in [0.29, 0.717) is 11.0 Å². The summed E-state index contributed by atoms with van der Waals surface area (Å²) in [5, 5.41) is 12.2. The molecule has 2 aromatic heterocycles. The summed E-state index contributed by atoms with van der Waals surface area (Å²) in [7, 11) is 0. The minimum Gasteiger partial charge on any atom is -0.480 e. The average molecular weight is 418 g/mol. The number of aryl methyl sites for hydroxylation is 1. The number of aromatic nitrogens is 2. The first-order valence-electron chi connectivity index (χ1n) is 9.40. The molecule has 10 nitrogen and oxygen atoms in total. The molecule has 0 saturated heterocycles. The predicted molar refractivity (Wildman–Crippen MR) is 109 cm³/mol. The van der Waals surface area contributed by atoms with Crippen molar-refractivity contribution in [3.63, 3.8) is 0 Å². The molecule has 0 aliphatic heterocycles. The zero-order valence-corrected chi connectivity index (χ0v) is 17.4. The molecule has 0 aliphatic carbocycles. The lowest BCUT2D eigenvalue weighted by atomic mass is 10.1. The van der Waals surface area contributed by atoms with Gasteiger partial charge in [-0.25, -0.2) is 9.78 Å². The van der Waals surface area contributed by atoms with Gasteiger partial charge >= 0.3 is 12.1 Å². The van der Waals surface area contributed by atoms with Crippen molar-refractivity contribution < 1.29 is 24.2 Å². The number of fused-ring (bicyclic) bond motifs is 1. The second-order valence-electron chi connectivity index (χ2n) is 7.83. The van der Waals surface area contributed by atoms with Crippen molar-refractivity contribution in [3.8, 4) is 0 Å². The number of ether oxygens (including phenoxy) is 1. The Morgan fingerprint density at radius 1 is 1.27 bits per heavy atom. The molecule has 3 N–H and O–H groups in total. The Balaban J connectivity index is 2.08. The Bertz CT molecular complexity index is 1010. The molecule has 10 heteroatoms. The fourth-order valence-electron chi connectivity index (χ4n) is 2.69. The van der Waals surface area contributed by atoms with Gasteiger partial charge in [0.05, 0.1) is 6.42 Å². The van der Waals surface area contributed by atoms with Crippen LogP contribution < -0.4 is 10.9 Å². The quantitative estimate of drug-likeness (QED) is 0.613. The van der Waals surface area contributed by atoms with Crippen LogP contribution in [0.1, 0.15) is 32.0 Å². The number of carbonyl (C=O) groups excluding carboxylic acids is 2. The molecule has 0 saturated carbocycles. The number of aromatic amines is 1. The SMILES string of the molecule is Cc1ccc2cc(CC(=O)N(CCNC(=O)OC(C)(C)C)CC(=O)O)c(=O)[nH]c2n1. The number of rotatable bonds is 7. The molecule has 0 radical (unpaired) electrons. The van der Waals surface area contributed by atoms with E-state index >= 15 is 0 Å². The molecule has 0 spiro atoms. The van der Waals surface area contributed by atoms with Gasteiger partial charge in [-0.2, -0.15) is 0 Å². The molecule has 0 fully saturated rings. The first-order chi connectivity index (χ1) is 13.9. The van der Waals surface area contributed by atoms with Crippen LogP contribution >= 0.6 is 0 Å². The van der Waals surface area contributed by atoms with Gasteiger partial charge in [0.15, 0.2) is 0 Å². The highest BCUT2D eigenvalue weighted by molar-refractivity contribution is 5.84. The van der Waals surface area contributed by atoms with Gasteiger partial charge in [-0.05, 0) is 45.9 Å². The minimum atomic E-state index is -1.20. The van der Waals surface area contributed by atoms with E-state index in [2.05, 4.69) is 15.3 Å². The van der Waals surface area contributed by atoms with Crippen LogP contribution in [0.4, 0.5) is 4.79 Å². The van der Waals surface area contributed by atoms with Gasteiger partial charge in [0.25, 0.3) is 5.56 Å². The zero-order valence-electron chi connectivity index (χ0n) is 17.4. The molecule has 2 amide bonds.